The van der Waals surface area contributed by atoms with Crippen molar-refractivity contribution in [1.29, 1.82) is 0 Å². The Labute approximate surface area is 156 Å². The first-order valence-electron chi connectivity index (χ1n) is 8.88. The van der Waals surface area contributed by atoms with E-state index in [9.17, 15) is 9.59 Å². The molecule has 2 aromatic carbocycles. The monoisotopic (exact) mass is 360 g/mol. The molecule has 136 valence electrons. The molecule has 4 rings (SSSR count). The highest BCUT2D eigenvalue weighted by Crippen LogP contribution is 2.29. The Bertz CT molecular complexity index is 1020. The van der Waals surface area contributed by atoms with Gasteiger partial charge in [-0.2, -0.15) is 5.10 Å². The van der Waals surface area contributed by atoms with Gasteiger partial charge in [0.2, 0.25) is 5.91 Å². The first-order valence-corrected chi connectivity index (χ1v) is 8.88. The molecule has 0 aliphatic carbocycles. The minimum atomic E-state index is -0.784. The van der Waals surface area contributed by atoms with Crippen molar-refractivity contribution < 1.29 is 9.59 Å². The summed E-state index contributed by atoms with van der Waals surface area (Å²) in [5.41, 5.74) is 6.41. The third kappa shape index (κ3) is 3.21. The molecule has 2 amide bonds. The lowest BCUT2D eigenvalue weighted by Gasteiger charge is -2.15. The van der Waals surface area contributed by atoms with E-state index in [1.807, 2.05) is 61.5 Å². The lowest BCUT2D eigenvalue weighted by Crippen LogP contribution is -2.34. The number of aromatic nitrogens is 1. The zero-order valence-electron chi connectivity index (χ0n) is 14.9. The van der Waals surface area contributed by atoms with Gasteiger partial charge >= 0.3 is 0 Å². The number of aromatic amines is 1. The summed E-state index contributed by atoms with van der Waals surface area (Å²) in [5, 5.41) is 7.92. The maximum absolute atomic E-state index is 12.6. The highest BCUT2D eigenvalue weighted by molar-refractivity contribution is 6.04. The molecule has 1 saturated heterocycles. The van der Waals surface area contributed by atoms with Gasteiger partial charge in [-0.3, -0.25) is 9.59 Å². The van der Waals surface area contributed by atoms with Gasteiger partial charge in [0.1, 0.15) is 5.92 Å². The van der Waals surface area contributed by atoms with E-state index in [2.05, 4.69) is 20.8 Å². The van der Waals surface area contributed by atoms with E-state index in [0.717, 1.165) is 27.7 Å². The summed E-state index contributed by atoms with van der Waals surface area (Å²) in [4.78, 5) is 28.1. The fourth-order valence-corrected chi connectivity index (χ4v) is 3.63. The zero-order valence-corrected chi connectivity index (χ0v) is 14.9. The Morgan fingerprint density at radius 1 is 1.15 bits per heavy atom. The molecule has 3 aromatic rings. The second kappa shape index (κ2) is 7.07. The molecule has 0 spiro atoms. The van der Waals surface area contributed by atoms with Crippen molar-refractivity contribution in [1.82, 2.24) is 15.7 Å². The van der Waals surface area contributed by atoms with Crippen LogP contribution in [0.3, 0.4) is 0 Å². The molecular formula is C21H20N4O2. The number of aryl methyl sites for hydroxylation is 1. The molecular weight excluding hydrogens is 340 g/mol. The van der Waals surface area contributed by atoms with Crippen LogP contribution in [0, 0.1) is 12.8 Å². The molecule has 1 aromatic heterocycles. The van der Waals surface area contributed by atoms with Gasteiger partial charge in [-0.25, -0.2) is 5.43 Å². The largest absolute Gasteiger partial charge is 0.358 e. The molecule has 0 bridgehead atoms. The van der Waals surface area contributed by atoms with E-state index in [0.29, 0.717) is 6.54 Å². The number of nitrogens with one attached hydrogen (secondary N) is 3. The van der Waals surface area contributed by atoms with Crippen molar-refractivity contribution in [2.45, 2.75) is 12.8 Å². The number of hydrazone groups is 1. The van der Waals surface area contributed by atoms with E-state index in [1.165, 1.54) is 0 Å². The smallest absolute Gasteiger partial charge is 0.253 e. The van der Waals surface area contributed by atoms with Crippen molar-refractivity contribution in [2.24, 2.45) is 11.0 Å². The van der Waals surface area contributed by atoms with E-state index in [-0.39, 0.29) is 11.8 Å². The predicted molar refractivity (Wildman–Crippen MR) is 104 cm³/mol. The highest BCUT2D eigenvalue weighted by atomic mass is 16.2. The van der Waals surface area contributed by atoms with Gasteiger partial charge in [-0.05, 0) is 18.6 Å². The Balaban J connectivity index is 1.52. The Morgan fingerprint density at radius 3 is 2.70 bits per heavy atom. The molecule has 0 radical (unpaired) electrons. The van der Waals surface area contributed by atoms with Crippen molar-refractivity contribution in [3.63, 3.8) is 0 Å². The zero-order chi connectivity index (χ0) is 18.8. The summed E-state index contributed by atoms with van der Waals surface area (Å²) in [6, 6.07) is 17.5. The van der Waals surface area contributed by atoms with Crippen molar-refractivity contribution in [2.75, 3.05) is 6.54 Å². The van der Waals surface area contributed by atoms with Crippen LogP contribution in [-0.2, 0) is 9.59 Å². The summed E-state index contributed by atoms with van der Waals surface area (Å²) < 4.78 is 0. The van der Waals surface area contributed by atoms with Gasteiger partial charge < -0.3 is 10.3 Å². The number of hydrogen-bond donors (Lipinski definition) is 3. The lowest BCUT2D eigenvalue weighted by atomic mass is 9.88. The second-order valence-electron chi connectivity index (χ2n) is 6.68. The van der Waals surface area contributed by atoms with E-state index in [1.54, 1.807) is 6.21 Å². The van der Waals surface area contributed by atoms with Crippen LogP contribution >= 0.6 is 0 Å². The number of rotatable bonds is 4. The number of hydrogen-bond acceptors (Lipinski definition) is 3. The average Bonchev–Trinajstić information content (AvgIpc) is 3.22. The number of amides is 2. The van der Waals surface area contributed by atoms with Gasteiger partial charge in [0.05, 0.1) is 6.21 Å². The summed E-state index contributed by atoms with van der Waals surface area (Å²) in [5.74, 6) is -1.63. The molecule has 2 heterocycles. The summed E-state index contributed by atoms with van der Waals surface area (Å²) in [6.07, 6.45) is 1.62. The van der Waals surface area contributed by atoms with Gasteiger partial charge in [-0.1, -0.05) is 48.5 Å². The summed E-state index contributed by atoms with van der Waals surface area (Å²) in [6.45, 7) is 2.41. The van der Waals surface area contributed by atoms with Crippen LogP contribution in [0.15, 0.2) is 59.7 Å². The minimum Gasteiger partial charge on any atom is -0.358 e. The third-order valence-corrected chi connectivity index (χ3v) is 5.00. The Morgan fingerprint density at radius 2 is 1.89 bits per heavy atom. The normalized spacial score (nSPS) is 19.5. The van der Waals surface area contributed by atoms with Crippen molar-refractivity contribution in [3.8, 4) is 0 Å². The van der Waals surface area contributed by atoms with Crippen LogP contribution in [0.25, 0.3) is 10.9 Å². The van der Waals surface area contributed by atoms with Crippen LogP contribution in [-0.4, -0.2) is 29.6 Å². The molecule has 2 unspecified atom stereocenters. The molecule has 1 fully saturated rings. The maximum Gasteiger partial charge on any atom is 0.253 e. The molecule has 6 nitrogen and oxygen atoms in total. The van der Waals surface area contributed by atoms with E-state index in [4.69, 9.17) is 0 Å². The SMILES string of the molecule is Cc1[nH]c2ccccc2c1C=NNC(=O)C1C(=O)NCC1c1ccccc1. The molecule has 27 heavy (non-hydrogen) atoms. The minimum absolute atomic E-state index is 0.191. The number of carbonyl (C=O) groups excluding carboxylic acids is 2. The molecule has 6 heteroatoms. The quantitative estimate of drug-likeness (QED) is 0.379. The third-order valence-electron chi connectivity index (χ3n) is 5.00. The van der Waals surface area contributed by atoms with E-state index < -0.39 is 11.8 Å². The van der Waals surface area contributed by atoms with Gasteiger partial charge in [0.25, 0.3) is 5.91 Å². The summed E-state index contributed by atoms with van der Waals surface area (Å²) in [7, 11) is 0. The fraction of sp³-hybridized carbons (Fsp3) is 0.190. The number of H-pyrrole nitrogens is 1. The Kier molecular flexibility index (Phi) is 4.46. The number of benzene rings is 2. The highest BCUT2D eigenvalue weighted by Gasteiger charge is 2.40. The van der Waals surface area contributed by atoms with Crippen LogP contribution < -0.4 is 10.7 Å². The van der Waals surface area contributed by atoms with Crippen molar-refractivity contribution in [3.05, 3.63) is 71.4 Å². The van der Waals surface area contributed by atoms with Crippen molar-refractivity contribution >= 4 is 28.9 Å². The number of para-hydroxylation sites is 1. The van der Waals surface area contributed by atoms with Gasteiger partial charge in [0.15, 0.2) is 0 Å². The first kappa shape index (κ1) is 17.0. The first-order chi connectivity index (χ1) is 13.1. The predicted octanol–water partition coefficient (Wildman–Crippen LogP) is 2.46. The van der Waals surface area contributed by atoms with E-state index >= 15 is 0 Å². The Hall–Kier alpha value is -3.41. The standard InChI is InChI=1S/C21H20N4O2/c1-13-16(15-9-5-6-10-18(15)24-13)12-23-25-21(27)19-17(11-22-20(19)26)14-7-3-2-4-8-14/h2-10,12,17,19,24H,11H2,1H3,(H,22,26)(H,25,27). The number of carbonyl (C=O) groups is 2. The number of nitrogens with zero attached hydrogens (tertiary/aromatic N) is 1. The molecule has 1 aliphatic heterocycles. The maximum atomic E-state index is 12.6. The molecule has 2 atom stereocenters. The summed E-state index contributed by atoms with van der Waals surface area (Å²) >= 11 is 0. The average molecular weight is 360 g/mol. The van der Waals surface area contributed by atoms with Crippen LogP contribution in [0.2, 0.25) is 0 Å². The van der Waals surface area contributed by atoms with Crippen LogP contribution in [0.4, 0.5) is 0 Å². The molecule has 3 N–H and O–H groups in total. The van der Waals surface area contributed by atoms with Crippen LogP contribution in [0.1, 0.15) is 22.7 Å². The molecule has 1 aliphatic rings. The lowest BCUT2D eigenvalue weighted by molar-refractivity contribution is -0.133. The fourth-order valence-electron chi connectivity index (χ4n) is 3.63. The second-order valence-corrected chi connectivity index (χ2v) is 6.68. The van der Waals surface area contributed by atoms with Gasteiger partial charge in [-0.15, -0.1) is 0 Å². The van der Waals surface area contributed by atoms with Crippen LogP contribution in [0.5, 0.6) is 0 Å². The molecule has 0 saturated carbocycles. The van der Waals surface area contributed by atoms with Gasteiger partial charge in [0, 0.05) is 34.6 Å². The topological polar surface area (TPSA) is 86.3 Å². The number of fused-ring (bicyclic) bond motifs is 1.